The van der Waals surface area contributed by atoms with E-state index in [0.717, 1.165) is 22.6 Å². The van der Waals surface area contributed by atoms with Crippen LogP contribution in [0.3, 0.4) is 0 Å². The summed E-state index contributed by atoms with van der Waals surface area (Å²) in [5.74, 6) is -0.508. The van der Waals surface area contributed by atoms with E-state index in [1.54, 1.807) is 30.3 Å². The molecule has 0 aliphatic rings. The summed E-state index contributed by atoms with van der Waals surface area (Å²) in [6, 6.07) is 18.3. The fraction of sp³-hybridized carbons (Fsp3) is 0.0909. The number of amides is 1. The van der Waals surface area contributed by atoms with Crippen LogP contribution in [-0.4, -0.2) is 10.5 Å². The Balaban J connectivity index is 1.94. The number of hydrogen-bond donors (Lipinski definition) is 1. The highest BCUT2D eigenvalue weighted by atomic mass is 35.5. The minimum absolute atomic E-state index is 0.00345. The molecule has 28 heavy (non-hydrogen) atoms. The van der Waals surface area contributed by atoms with Crippen molar-refractivity contribution in [3.63, 3.8) is 0 Å². The van der Waals surface area contributed by atoms with E-state index in [1.807, 2.05) is 54.8 Å². The molecule has 0 aliphatic heterocycles. The summed E-state index contributed by atoms with van der Waals surface area (Å²) in [5, 5.41) is 13.2. The zero-order chi connectivity index (χ0) is 20.3. The van der Waals surface area contributed by atoms with E-state index in [1.165, 1.54) is 0 Å². The number of rotatable bonds is 4. The van der Waals surface area contributed by atoms with Gasteiger partial charge in [0, 0.05) is 22.1 Å². The molecule has 1 N–H and O–H groups in total. The van der Waals surface area contributed by atoms with Gasteiger partial charge in [-0.1, -0.05) is 35.3 Å². The van der Waals surface area contributed by atoms with Gasteiger partial charge in [-0.25, -0.2) is 0 Å². The smallest absolute Gasteiger partial charge is 0.266 e. The fourth-order valence-electron chi connectivity index (χ4n) is 2.98. The van der Waals surface area contributed by atoms with Crippen LogP contribution in [0, 0.1) is 25.2 Å². The van der Waals surface area contributed by atoms with E-state index in [2.05, 4.69) is 5.32 Å². The summed E-state index contributed by atoms with van der Waals surface area (Å²) in [4.78, 5) is 12.5. The van der Waals surface area contributed by atoms with Gasteiger partial charge in [-0.05, 0) is 68.0 Å². The second-order valence-electron chi connectivity index (χ2n) is 6.24. The molecule has 0 atom stereocenters. The lowest BCUT2D eigenvalue weighted by Gasteiger charge is -2.10. The first-order chi connectivity index (χ1) is 13.4. The predicted molar refractivity (Wildman–Crippen MR) is 114 cm³/mol. The Kier molecular flexibility index (Phi) is 5.89. The standard InChI is InChI=1S/C22H17Cl2N3O/c1-14-11-16(15(2)27(14)19-9-7-18(23)8-10-19)12-17(13-25)22(28)26-21-6-4-3-5-20(21)24/h3-12H,1-2H3,(H,26,28)/b17-12-. The maximum absolute atomic E-state index is 12.5. The average molecular weight is 410 g/mol. The number of aromatic nitrogens is 1. The van der Waals surface area contributed by atoms with Gasteiger partial charge < -0.3 is 9.88 Å². The normalized spacial score (nSPS) is 11.2. The first kappa shape index (κ1) is 19.8. The largest absolute Gasteiger partial charge is 0.320 e. The lowest BCUT2D eigenvalue weighted by Crippen LogP contribution is -2.13. The maximum atomic E-state index is 12.5. The zero-order valence-corrected chi connectivity index (χ0v) is 16.8. The number of carbonyl (C=O) groups excluding carboxylic acids is 1. The second-order valence-corrected chi connectivity index (χ2v) is 7.09. The number of benzene rings is 2. The van der Waals surface area contributed by atoms with Crippen molar-refractivity contribution >= 4 is 40.9 Å². The van der Waals surface area contributed by atoms with Crippen molar-refractivity contribution in [2.75, 3.05) is 5.32 Å². The fourth-order valence-corrected chi connectivity index (χ4v) is 3.29. The van der Waals surface area contributed by atoms with Crippen LogP contribution in [0.4, 0.5) is 5.69 Å². The summed E-state index contributed by atoms with van der Waals surface area (Å²) < 4.78 is 2.04. The van der Waals surface area contributed by atoms with Gasteiger partial charge >= 0.3 is 0 Å². The predicted octanol–water partition coefficient (Wildman–Crippen LogP) is 5.95. The van der Waals surface area contributed by atoms with Crippen molar-refractivity contribution in [2.45, 2.75) is 13.8 Å². The van der Waals surface area contributed by atoms with Crippen molar-refractivity contribution in [3.8, 4) is 11.8 Å². The Bertz CT molecular complexity index is 1110. The van der Waals surface area contributed by atoms with Crippen LogP contribution in [-0.2, 0) is 4.79 Å². The van der Waals surface area contributed by atoms with Gasteiger partial charge in [0.1, 0.15) is 11.6 Å². The number of carbonyl (C=O) groups is 1. The first-order valence-electron chi connectivity index (χ1n) is 8.53. The van der Waals surface area contributed by atoms with Crippen LogP contribution < -0.4 is 5.32 Å². The number of nitrogens with zero attached hydrogens (tertiary/aromatic N) is 2. The Hall–Kier alpha value is -3.00. The molecule has 0 spiro atoms. The molecular weight excluding hydrogens is 393 g/mol. The monoisotopic (exact) mass is 409 g/mol. The molecule has 0 saturated carbocycles. The SMILES string of the molecule is Cc1cc(/C=C(/C#N)C(=O)Nc2ccccc2Cl)c(C)n1-c1ccc(Cl)cc1. The van der Waals surface area contributed by atoms with E-state index in [4.69, 9.17) is 23.2 Å². The topological polar surface area (TPSA) is 57.8 Å². The molecule has 3 aromatic rings. The van der Waals surface area contributed by atoms with Gasteiger partial charge in [-0.3, -0.25) is 4.79 Å². The van der Waals surface area contributed by atoms with E-state index in [0.29, 0.717) is 15.7 Å². The van der Waals surface area contributed by atoms with Crippen molar-refractivity contribution in [3.05, 3.63) is 87.2 Å². The minimum Gasteiger partial charge on any atom is -0.320 e. The third-order valence-corrected chi connectivity index (χ3v) is 4.92. The molecule has 140 valence electrons. The lowest BCUT2D eigenvalue weighted by atomic mass is 10.1. The number of hydrogen-bond acceptors (Lipinski definition) is 2. The third-order valence-electron chi connectivity index (χ3n) is 4.34. The summed E-state index contributed by atoms with van der Waals surface area (Å²) in [6.45, 7) is 3.91. The Labute approximate surface area is 173 Å². The minimum atomic E-state index is -0.508. The number of halogens is 2. The second kappa shape index (κ2) is 8.35. The van der Waals surface area contributed by atoms with E-state index < -0.39 is 5.91 Å². The molecule has 6 heteroatoms. The summed E-state index contributed by atoms with van der Waals surface area (Å²) in [7, 11) is 0. The molecule has 0 unspecified atom stereocenters. The molecule has 0 saturated heterocycles. The van der Waals surface area contributed by atoms with Crippen LogP contribution in [0.25, 0.3) is 11.8 Å². The van der Waals surface area contributed by atoms with Gasteiger partial charge in [0.25, 0.3) is 5.91 Å². The van der Waals surface area contributed by atoms with Crippen molar-refractivity contribution < 1.29 is 4.79 Å². The zero-order valence-electron chi connectivity index (χ0n) is 15.3. The molecule has 1 heterocycles. The van der Waals surface area contributed by atoms with Gasteiger partial charge in [0.05, 0.1) is 10.7 Å². The van der Waals surface area contributed by atoms with Crippen LogP contribution in [0.2, 0.25) is 10.0 Å². The van der Waals surface area contributed by atoms with Crippen LogP contribution >= 0.6 is 23.2 Å². The maximum Gasteiger partial charge on any atom is 0.266 e. The summed E-state index contributed by atoms with van der Waals surface area (Å²) in [6.07, 6.45) is 1.58. The van der Waals surface area contributed by atoms with Crippen molar-refractivity contribution in [2.24, 2.45) is 0 Å². The summed E-state index contributed by atoms with van der Waals surface area (Å²) in [5.41, 5.74) is 4.10. The van der Waals surface area contributed by atoms with E-state index >= 15 is 0 Å². The van der Waals surface area contributed by atoms with Crippen LogP contribution in [0.1, 0.15) is 17.0 Å². The van der Waals surface area contributed by atoms with Gasteiger partial charge in [0.15, 0.2) is 0 Å². The van der Waals surface area contributed by atoms with Crippen molar-refractivity contribution in [1.29, 1.82) is 5.26 Å². The molecule has 0 fully saturated rings. The molecule has 1 amide bonds. The number of nitriles is 1. The Morgan fingerprint density at radius 2 is 1.79 bits per heavy atom. The van der Waals surface area contributed by atoms with Gasteiger partial charge in [-0.2, -0.15) is 5.26 Å². The Morgan fingerprint density at radius 1 is 1.11 bits per heavy atom. The lowest BCUT2D eigenvalue weighted by molar-refractivity contribution is -0.112. The quantitative estimate of drug-likeness (QED) is 0.427. The van der Waals surface area contributed by atoms with Gasteiger partial charge in [-0.15, -0.1) is 0 Å². The first-order valence-corrected chi connectivity index (χ1v) is 9.29. The molecule has 0 aliphatic carbocycles. The number of aryl methyl sites for hydroxylation is 1. The molecule has 2 aromatic carbocycles. The molecular formula is C22H17Cl2N3O. The number of anilines is 1. The highest BCUT2D eigenvalue weighted by Gasteiger charge is 2.14. The highest BCUT2D eigenvalue weighted by molar-refractivity contribution is 6.34. The van der Waals surface area contributed by atoms with E-state index in [-0.39, 0.29) is 5.57 Å². The Morgan fingerprint density at radius 3 is 2.43 bits per heavy atom. The molecule has 1 aromatic heterocycles. The molecule has 3 rings (SSSR count). The number of para-hydroxylation sites is 1. The third kappa shape index (κ3) is 4.12. The van der Waals surface area contributed by atoms with Gasteiger partial charge in [0.2, 0.25) is 0 Å². The van der Waals surface area contributed by atoms with Crippen LogP contribution in [0.15, 0.2) is 60.2 Å². The number of nitrogens with one attached hydrogen (secondary N) is 1. The average Bonchev–Trinajstić information content (AvgIpc) is 2.95. The van der Waals surface area contributed by atoms with Crippen molar-refractivity contribution in [1.82, 2.24) is 4.57 Å². The highest BCUT2D eigenvalue weighted by Crippen LogP contribution is 2.25. The van der Waals surface area contributed by atoms with E-state index in [9.17, 15) is 10.1 Å². The molecule has 4 nitrogen and oxygen atoms in total. The molecule has 0 radical (unpaired) electrons. The molecule has 0 bridgehead atoms. The van der Waals surface area contributed by atoms with Crippen LogP contribution in [0.5, 0.6) is 0 Å². The summed E-state index contributed by atoms with van der Waals surface area (Å²) >= 11 is 12.1.